The minimum absolute atomic E-state index is 0.0715. The van der Waals surface area contributed by atoms with Gasteiger partial charge >= 0.3 is 0 Å². The Morgan fingerprint density at radius 3 is 2.14 bits per heavy atom. The van der Waals surface area contributed by atoms with E-state index >= 15 is 0 Å². The van der Waals surface area contributed by atoms with E-state index in [1.165, 1.54) is 11.1 Å². The predicted molar refractivity (Wildman–Crippen MR) is 92.3 cm³/mol. The Balaban J connectivity index is 2.04. The lowest BCUT2D eigenvalue weighted by atomic mass is 10.0. The smallest absolute Gasteiger partial charge is 0.104 e. The van der Waals surface area contributed by atoms with Crippen LogP contribution in [0, 0.1) is 0 Å². The first kappa shape index (κ1) is 16.5. The fourth-order valence-electron chi connectivity index (χ4n) is 2.49. The summed E-state index contributed by atoms with van der Waals surface area (Å²) in [6.45, 7) is 6.03. The molecule has 0 aliphatic heterocycles. The summed E-state index contributed by atoms with van der Waals surface area (Å²) in [5.41, 5.74) is 5.67. The average molecular weight is 295 g/mol. The molecule has 0 aliphatic carbocycles. The monoisotopic (exact) mass is 295 g/mol. The van der Waals surface area contributed by atoms with Crippen molar-refractivity contribution < 1.29 is 4.84 Å². The highest BCUT2D eigenvalue weighted by molar-refractivity contribution is 5.20. The van der Waals surface area contributed by atoms with Crippen molar-refractivity contribution in [2.45, 2.75) is 38.3 Å². The van der Waals surface area contributed by atoms with E-state index in [-0.39, 0.29) is 12.1 Å². The first-order chi connectivity index (χ1) is 10.8. The third-order valence-electron chi connectivity index (χ3n) is 3.68. The van der Waals surface area contributed by atoms with Gasteiger partial charge in [-0.15, -0.1) is 6.58 Å². The van der Waals surface area contributed by atoms with Crippen LogP contribution >= 0.6 is 0 Å². The second kappa shape index (κ2) is 9.19. The minimum atomic E-state index is 0.0715. The second-order valence-electron chi connectivity index (χ2n) is 5.41. The molecule has 2 heteroatoms. The van der Waals surface area contributed by atoms with Crippen LogP contribution in [0.5, 0.6) is 0 Å². The molecule has 0 radical (unpaired) electrons. The van der Waals surface area contributed by atoms with Gasteiger partial charge in [-0.1, -0.05) is 80.1 Å². The zero-order valence-corrected chi connectivity index (χ0v) is 13.2. The molecule has 0 fully saturated rings. The van der Waals surface area contributed by atoms with Crippen molar-refractivity contribution in [3.8, 4) is 0 Å². The topological polar surface area (TPSA) is 21.3 Å². The molecule has 0 amide bonds. The van der Waals surface area contributed by atoms with Crippen molar-refractivity contribution in [1.29, 1.82) is 0 Å². The molecule has 116 valence electrons. The largest absolute Gasteiger partial charge is 0.293 e. The van der Waals surface area contributed by atoms with Crippen LogP contribution in [0.1, 0.15) is 49.5 Å². The SMILES string of the molecule is C=CCC(NOC(CCC)c1ccccc1)c1ccccc1. The van der Waals surface area contributed by atoms with Gasteiger partial charge < -0.3 is 0 Å². The Morgan fingerprint density at radius 1 is 1.00 bits per heavy atom. The van der Waals surface area contributed by atoms with Crippen LogP contribution in [0.4, 0.5) is 0 Å². The van der Waals surface area contributed by atoms with E-state index in [2.05, 4.69) is 55.4 Å². The minimum Gasteiger partial charge on any atom is -0.293 e. The quantitative estimate of drug-likeness (QED) is 0.496. The molecule has 2 rings (SSSR count). The van der Waals surface area contributed by atoms with Crippen LogP contribution < -0.4 is 5.48 Å². The van der Waals surface area contributed by atoms with Crippen molar-refractivity contribution in [2.24, 2.45) is 0 Å². The van der Waals surface area contributed by atoms with E-state index in [0.717, 1.165) is 19.3 Å². The average Bonchev–Trinajstić information content (AvgIpc) is 2.59. The maximum Gasteiger partial charge on any atom is 0.104 e. The standard InChI is InChI=1S/C20H25NO/c1-3-11-19(17-13-7-5-8-14-17)21-22-20(12-4-2)18-15-9-6-10-16-18/h3,5-10,13-16,19-21H,1,4,11-12H2,2H3. The summed E-state index contributed by atoms with van der Waals surface area (Å²) < 4.78 is 0. The highest BCUT2D eigenvalue weighted by Crippen LogP contribution is 2.24. The van der Waals surface area contributed by atoms with Gasteiger partial charge in [-0.2, -0.15) is 5.48 Å². The molecule has 2 aromatic rings. The zero-order chi connectivity index (χ0) is 15.6. The van der Waals surface area contributed by atoms with Crippen molar-refractivity contribution in [3.05, 3.63) is 84.4 Å². The molecule has 0 aliphatic rings. The van der Waals surface area contributed by atoms with Gasteiger partial charge in [-0.3, -0.25) is 4.84 Å². The molecule has 0 heterocycles. The lowest BCUT2D eigenvalue weighted by Gasteiger charge is -2.23. The summed E-state index contributed by atoms with van der Waals surface area (Å²) in [6, 6.07) is 20.9. The van der Waals surface area contributed by atoms with Crippen LogP contribution in [0.2, 0.25) is 0 Å². The highest BCUT2D eigenvalue weighted by atomic mass is 16.7. The number of hydroxylamine groups is 1. The molecule has 0 saturated heterocycles. The summed E-state index contributed by atoms with van der Waals surface area (Å²) >= 11 is 0. The molecule has 0 spiro atoms. The Bertz CT molecular complexity index is 538. The van der Waals surface area contributed by atoms with E-state index < -0.39 is 0 Å². The van der Waals surface area contributed by atoms with Gasteiger partial charge in [0.25, 0.3) is 0 Å². The summed E-state index contributed by atoms with van der Waals surface area (Å²) in [7, 11) is 0. The lowest BCUT2D eigenvalue weighted by Crippen LogP contribution is -2.24. The van der Waals surface area contributed by atoms with E-state index in [9.17, 15) is 0 Å². The second-order valence-corrected chi connectivity index (χ2v) is 5.41. The van der Waals surface area contributed by atoms with Crippen LogP contribution in [0.15, 0.2) is 73.3 Å². The van der Waals surface area contributed by atoms with E-state index in [4.69, 9.17) is 4.84 Å². The number of nitrogens with one attached hydrogen (secondary N) is 1. The van der Waals surface area contributed by atoms with Crippen LogP contribution in [-0.2, 0) is 4.84 Å². The van der Waals surface area contributed by atoms with Crippen molar-refractivity contribution in [3.63, 3.8) is 0 Å². The van der Waals surface area contributed by atoms with Gasteiger partial charge in [0.2, 0.25) is 0 Å². The number of hydrogen-bond donors (Lipinski definition) is 1. The van der Waals surface area contributed by atoms with Crippen molar-refractivity contribution in [2.75, 3.05) is 0 Å². The fourth-order valence-corrected chi connectivity index (χ4v) is 2.49. The Labute approximate surface area is 133 Å². The van der Waals surface area contributed by atoms with Crippen LogP contribution in [0.3, 0.4) is 0 Å². The van der Waals surface area contributed by atoms with Gasteiger partial charge in [0.15, 0.2) is 0 Å². The summed E-state index contributed by atoms with van der Waals surface area (Å²) in [5, 5.41) is 0. The van der Waals surface area contributed by atoms with Crippen molar-refractivity contribution in [1.82, 2.24) is 5.48 Å². The fraction of sp³-hybridized carbons (Fsp3) is 0.300. The molecular formula is C20H25NO. The third kappa shape index (κ3) is 4.83. The van der Waals surface area contributed by atoms with E-state index in [1.807, 2.05) is 30.3 Å². The van der Waals surface area contributed by atoms with Crippen LogP contribution in [-0.4, -0.2) is 0 Å². The summed E-state index contributed by atoms with van der Waals surface area (Å²) in [4.78, 5) is 6.04. The predicted octanol–water partition coefficient (Wildman–Crippen LogP) is 5.37. The number of hydrogen-bond acceptors (Lipinski definition) is 2. The van der Waals surface area contributed by atoms with E-state index in [1.54, 1.807) is 0 Å². The molecule has 2 nitrogen and oxygen atoms in total. The number of benzene rings is 2. The molecule has 22 heavy (non-hydrogen) atoms. The molecule has 1 N–H and O–H groups in total. The Morgan fingerprint density at radius 2 is 1.59 bits per heavy atom. The lowest BCUT2D eigenvalue weighted by molar-refractivity contribution is -0.0503. The molecule has 2 atom stereocenters. The molecule has 2 unspecified atom stereocenters. The van der Waals surface area contributed by atoms with Gasteiger partial charge in [-0.25, -0.2) is 0 Å². The van der Waals surface area contributed by atoms with E-state index in [0.29, 0.717) is 0 Å². The Hall–Kier alpha value is -1.90. The molecule has 2 aromatic carbocycles. The summed E-state index contributed by atoms with van der Waals surface area (Å²) in [6.07, 6.45) is 4.90. The molecule has 0 saturated carbocycles. The Kier molecular flexibility index (Phi) is 6.88. The maximum atomic E-state index is 6.04. The molecule has 0 aromatic heterocycles. The first-order valence-corrected chi connectivity index (χ1v) is 7.97. The van der Waals surface area contributed by atoms with Gasteiger partial charge in [0.1, 0.15) is 6.10 Å². The van der Waals surface area contributed by atoms with Crippen molar-refractivity contribution >= 4 is 0 Å². The maximum absolute atomic E-state index is 6.04. The number of rotatable bonds is 9. The van der Waals surface area contributed by atoms with Gasteiger partial charge in [0, 0.05) is 0 Å². The first-order valence-electron chi connectivity index (χ1n) is 7.97. The normalized spacial score (nSPS) is 13.5. The third-order valence-corrected chi connectivity index (χ3v) is 3.68. The highest BCUT2D eigenvalue weighted by Gasteiger charge is 2.15. The molecular weight excluding hydrogens is 270 g/mol. The summed E-state index contributed by atoms with van der Waals surface area (Å²) in [5.74, 6) is 0. The molecule has 0 bridgehead atoms. The van der Waals surface area contributed by atoms with Crippen LogP contribution in [0.25, 0.3) is 0 Å². The van der Waals surface area contributed by atoms with Gasteiger partial charge in [-0.05, 0) is 24.0 Å². The zero-order valence-electron chi connectivity index (χ0n) is 13.2. The van der Waals surface area contributed by atoms with Gasteiger partial charge in [0.05, 0.1) is 6.04 Å².